The van der Waals surface area contributed by atoms with Crippen molar-refractivity contribution < 1.29 is 24.9 Å². The van der Waals surface area contributed by atoms with Gasteiger partial charge in [0.25, 0.3) is 11.9 Å². The second kappa shape index (κ2) is 7.04. The molecule has 13 heteroatoms. The number of amides is 1. The second-order valence-corrected chi connectivity index (χ2v) is 6.83. The third kappa shape index (κ3) is 3.09. The first-order valence-electron chi connectivity index (χ1n) is 8.71. The molecule has 1 aliphatic heterocycles. The van der Waals surface area contributed by atoms with E-state index < -0.39 is 31.1 Å². The van der Waals surface area contributed by atoms with Crippen LogP contribution in [0.1, 0.15) is 16.6 Å². The van der Waals surface area contributed by atoms with E-state index in [1.807, 2.05) is 0 Å². The fourth-order valence-corrected chi connectivity index (χ4v) is 3.13. The first-order chi connectivity index (χ1) is 13.8. The molecule has 3 aromatic rings. The van der Waals surface area contributed by atoms with Crippen LogP contribution in [0.5, 0.6) is 0 Å². The van der Waals surface area contributed by atoms with Crippen LogP contribution in [0.4, 0.5) is 5.82 Å². The fourth-order valence-electron chi connectivity index (χ4n) is 3.13. The molecule has 0 saturated carbocycles. The average molecular weight is 404 g/mol. The summed E-state index contributed by atoms with van der Waals surface area (Å²) in [7, 11) is 3.25. The molecule has 13 nitrogen and oxygen atoms in total. The summed E-state index contributed by atoms with van der Waals surface area (Å²) in [6.07, 6.45) is -0.352. The molecule has 4 rings (SSSR count). The molecule has 3 aromatic heterocycles. The summed E-state index contributed by atoms with van der Waals surface area (Å²) >= 11 is 0. The highest BCUT2D eigenvalue weighted by Gasteiger charge is 2.44. The number of rotatable bonds is 4. The van der Waals surface area contributed by atoms with Gasteiger partial charge in [-0.1, -0.05) is 0 Å². The Kier molecular flexibility index (Phi) is 4.66. The lowest BCUT2D eigenvalue weighted by molar-refractivity contribution is -0.0511. The van der Waals surface area contributed by atoms with Gasteiger partial charge in [-0.2, -0.15) is 15.1 Å². The van der Waals surface area contributed by atoms with Crippen LogP contribution < -0.4 is 5.73 Å². The van der Waals surface area contributed by atoms with Gasteiger partial charge in [0.2, 0.25) is 0 Å². The largest absolute Gasteiger partial charge is 0.394 e. The van der Waals surface area contributed by atoms with E-state index in [2.05, 4.69) is 20.1 Å². The number of nitrogen functional groups attached to an aromatic ring is 1. The summed E-state index contributed by atoms with van der Waals surface area (Å²) < 4.78 is 8.23. The molecule has 0 aromatic carbocycles. The van der Waals surface area contributed by atoms with Crippen molar-refractivity contribution in [2.24, 2.45) is 0 Å². The number of nitrogens with zero attached hydrogens (tertiary/aromatic N) is 7. The van der Waals surface area contributed by atoms with Crippen molar-refractivity contribution in [3.05, 3.63) is 24.3 Å². The maximum absolute atomic E-state index is 12.1. The number of nitrogens with two attached hydrogens (primary N) is 1. The van der Waals surface area contributed by atoms with Gasteiger partial charge in [0.1, 0.15) is 23.8 Å². The van der Waals surface area contributed by atoms with Gasteiger partial charge < -0.3 is 30.7 Å². The van der Waals surface area contributed by atoms with Crippen molar-refractivity contribution in [3.8, 4) is 5.95 Å². The Morgan fingerprint density at radius 1 is 1.31 bits per heavy atom. The van der Waals surface area contributed by atoms with Crippen LogP contribution in [0.3, 0.4) is 0 Å². The van der Waals surface area contributed by atoms with Crippen LogP contribution in [0.25, 0.3) is 17.1 Å². The Morgan fingerprint density at radius 2 is 2.07 bits per heavy atom. The second-order valence-electron chi connectivity index (χ2n) is 6.83. The van der Waals surface area contributed by atoms with Gasteiger partial charge in [-0.25, -0.2) is 9.67 Å². The average Bonchev–Trinajstić information content (AvgIpc) is 3.40. The lowest BCUT2D eigenvalue weighted by Crippen LogP contribution is -2.33. The van der Waals surface area contributed by atoms with Crippen molar-refractivity contribution >= 4 is 22.9 Å². The minimum Gasteiger partial charge on any atom is -0.394 e. The fraction of sp³-hybridized carbons (Fsp3) is 0.438. The van der Waals surface area contributed by atoms with Gasteiger partial charge in [0.05, 0.1) is 24.7 Å². The van der Waals surface area contributed by atoms with Crippen molar-refractivity contribution in [3.63, 3.8) is 0 Å². The van der Waals surface area contributed by atoms with E-state index in [-0.39, 0.29) is 28.8 Å². The Labute approximate surface area is 164 Å². The summed E-state index contributed by atoms with van der Waals surface area (Å²) in [5.74, 6) is -0.0883. The van der Waals surface area contributed by atoms with Crippen molar-refractivity contribution in [1.29, 1.82) is 0 Å². The van der Waals surface area contributed by atoms with Crippen LogP contribution in [-0.4, -0.2) is 94.4 Å². The lowest BCUT2D eigenvalue weighted by Gasteiger charge is -2.16. The highest BCUT2D eigenvalue weighted by atomic mass is 16.6. The Hall–Kier alpha value is -3.13. The zero-order valence-electron chi connectivity index (χ0n) is 15.6. The summed E-state index contributed by atoms with van der Waals surface area (Å²) in [6, 6.07) is 0. The number of aliphatic hydroxyl groups excluding tert-OH is 3. The van der Waals surface area contributed by atoms with E-state index >= 15 is 0 Å². The highest BCUT2D eigenvalue weighted by Crippen LogP contribution is 2.32. The molecular formula is C16H20N8O5. The Bertz CT molecular complexity index is 1060. The first-order valence-corrected chi connectivity index (χ1v) is 8.71. The predicted molar refractivity (Wildman–Crippen MR) is 97.9 cm³/mol. The normalized spacial score (nSPS) is 24.3. The van der Waals surface area contributed by atoms with Crippen LogP contribution in [0.2, 0.25) is 0 Å². The number of ether oxygens (including phenoxy) is 1. The van der Waals surface area contributed by atoms with Gasteiger partial charge in [-0.15, -0.1) is 0 Å². The molecule has 0 bridgehead atoms. The third-order valence-corrected chi connectivity index (χ3v) is 4.67. The number of anilines is 1. The number of carbonyl (C=O) groups is 1. The van der Waals surface area contributed by atoms with Gasteiger partial charge in [0.15, 0.2) is 17.7 Å². The molecule has 4 heterocycles. The number of carbonyl (C=O) groups excluding carboxylic acids is 1. The first kappa shape index (κ1) is 19.2. The molecule has 1 saturated heterocycles. The van der Waals surface area contributed by atoms with E-state index in [4.69, 9.17) is 10.5 Å². The molecule has 1 fully saturated rings. The minimum absolute atomic E-state index is 0.0616. The molecule has 0 spiro atoms. The molecule has 1 aliphatic rings. The number of imidazole rings is 1. The topological polar surface area (TPSA) is 178 Å². The number of aromatic nitrogens is 6. The zero-order chi connectivity index (χ0) is 20.9. The van der Waals surface area contributed by atoms with Gasteiger partial charge in [-0.05, 0) is 0 Å². The lowest BCUT2D eigenvalue weighted by atomic mass is 10.1. The van der Waals surface area contributed by atoms with Crippen LogP contribution in [0.15, 0.2) is 18.7 Å². The molecule has 1 amide bonds. The standard InChI is InChI=1S/C16H20N8O5/c1-22(2)14(28)7-3-19-24(4-7)16-20-12(17)9-13(21-16)23(6-18-9)15-11(27)10(26)8(5-25)29-15/h3-4,6,8,10-11,15,25-27H,5H2,1-2H3,(H2,17,20,21)/t8-,10-,11-,15-/m1/s1. The van der Waals surface area contributed by atoms with Gasteiger partial charge in [-0.3, -0.25) is 9.36 Å². The highest BCUT2D eigenvalue weighted by molar-refractivity contribution is 5.93. The zero-order valence-corrected chi connectivity index (χ0v) is 15.6. The predicted octanol–water partition coefficient (Wildman–Crippen LogP) is -2.09. The number of hydrogen-bond donors (Lipinski definition) is 4. The van der Waals surface area contributed by atoms with E-state index in [9.17, 15) is 20.1 Å². The molecule has 0 aliphatic carbocycles. The van der Waals surface area contributed by atoms with Gasteiger partial charge in [0, 0.05) is 20.3 Å². The van der Waals surface area contributed by atoms with E-state index in [0.717, 1.165) is 0 Å². The van der Waals surface area contributed by atoms with Crippen molar-refractivity contribution in [1.82, 2.24) is 34.2 Å². The smallest absolute Gasteiger partial charge is 0.256 e. The number of hydrogen-bond acceptors (Lipinski definition) is 10. The van der Waals surface area contributed by atoms with E-state index in [1.165, 1.54) is 32.9 Å². The monoisotopic (exact) mass is 404 g/mol. The molecule has 154 valence electrons. The van der Waals surface area contributed by atoms with E-state index in [1.54, 1.807) is 14.1 Å². The summed E-state index contributed by atoms with van der Waals surface area (Å²) in [5, 5.41) is 33.7. The maximum atomic E-state index is 12.1. The molecule has 29 heavy (non-hydrogen) atoms. The Balaban J connectivity index is 1.76. The van der Waals surface area contributed by atoms with Crippen molar-refractivity contribution in [2.75, 3.05) is 26.4 Å². The quantitative estimate of drug-likeness (QED) is 0.377. The van der Waals surface area contributed by atoms with Crippen LogP contribution in [-0.2, 0) is 4.74 Å². The number of fused-ring (bicyclic) bond motifs is 1. The molecular weight excluding hydrogens is 384 g/mol. The molecule has 0 unspecified atom stereocenters. The number of aliphatic hydroxyl groups is 3. The van der Waals surface area contributed by atoms with Crippen molar-refractivity contribution in [2.45, 2.75) is 24.5 Å². The summed E-state index contributed by atoms with van der Waals surface area (Å²) in [4.78, 5) is 26.2. The summed E-state index contributed by atoms with van der Waals surface area (Å²) in [6.45, 7) is -0.459. The minimum atomic E-state index is -1.31. The van der Waals surface area contributed by atoms with Crippen LogP contribution in [0, 0.1) is 0 Å². The Morgan fingerprint density at radius 3 is 2.72 bits per heavy atom. The SMILES string of the molecule is CN(C)C(=O)c1cnn(-c2nc(N)c3ncn([C@@H]4O[C@H](CO)[C@@H](O)[C@H]4O)c3n2)c1. The maximum Gasteiger partial charge on any atom is 0.256 e. The van der Waals surface area contributed by atoms with E-state index in [0.29, 0.717) is 5.56 Å². The molecule has 4 atom stereocenters. The molecule has 5 N–H and O–H groups in total. The van der Waals surface area contributed by atoms with Gasteiger partial charge >= 0.3 is 0 Å². The third-order valence-electron chi connectivity index (χ3n) is 4.67. The van der Waals surface area contributed by atoms with Crippen LogP contribution >= 0.6 is 0 Å². The summed E-state index contributed by atoms with van der Waals surface area (Å²) in [5.41, 5.74) is 6.84. The molecule has 0 radical (unpaired) electrons.